The first-order valence-electron chi connectivity index (χ1n) is 5.93. The van der Waals surface area contributed by atoms with E-state index in [4.69, 9.17) is 0 Å². The second kappa shape index (κ2) is 6.61. The molecule has 0 saturated heterocycles. The lowest BCUT2D eigenvalue weighted by molar-refractivity contribution is 0.0600. The summed E-state index contributed by atoms with van der Waals surface area (Å²) < 4.78 is 58.9. The lowest BCUT2D eigenvalue weighted by atomic mass is 10.2. The van der Waals surface area contributed by atoms with E-state index in [1.807, 2.05) is 0 Å². The SMILES string of the molecule is COC(=O)c1ccc(F)c(NS(=O)c2cc(F)ccc2F)c1. The molecule has 1 unspecified atom stereocenters. The quantitative estimate of drug-likeness (QED) is 0.877. The van der Waals surface area contributed by atoms with E-state index in [0.717, 1.165) is 37.4 Å². The minimum Gasteiger partial charge on any atom is -0.465 e. The van der Waals surface area contributed by atoms with Crippen molar-refractivity contribution in [2.45, 2.75) is 4.90 Å². The highest BCUT2D eigenvalue weighted by atomic mass is 32.2. The Hall–Kier alpha value is -2.35. The number of benzene rings is 2. The Morgan fingerprint density at radius 1 is 1.09 bits per heavy atom. The van der Waals surface area contributed by atoms with Gasteiger partial charge in [-0.3, -0.25) is 4.72 Å². The van der Waals surface area contributed by atoms with Crippen molar-refractivity contribution in [1.82, 2.24) is 0 Å². The van der Waals surface area contributed by atoms with Gasteiger partial charge in [-0.05, 0) is 36.4 Å². The van der Waals surface area contributed by atoms with Crippen molar-refractivity contribution in [3.8, 4) is 0 Å². The predicted molar refractivity (Wildman–Crippen MR) is 74.1 cm³/mol. The number of nitrogens with one attached hydrogen (secondary N) is 1. The summed E-state index contributed by atoms with van der Waals surface area (Å²) >= 11 is 0. The molecule has 0 saturated carbocycles. The maximum absolute atomic E-state index is 13.7. The van der Waals surface area contributed by atoms with Crippen LogP contribution >= 0.6 is 0 Å². The summed E-state index contributed by atoms with van der Waals surface area (Å²) in [4.78, 5) is 10.9. The smallest absolute Gasteiger partial charge is 0.337 e. The Morgan fingerprint density at radius 2 is 1.77 bits per heavy atom. The molecule has 2 aromatic rings. The van der Waals surface area contributed by atoms with Crippen LogP contribution in [0.15, 0.2) is 41.3 Å². The van der Waals surface area contributed by atoms with E-state index < -0.39 is 39.3 Å². The molecule has 0 amide bonds. The van der Waals surface area contributed by atoms with Crippen LogP contribution in [0.25, 0.3) is 0 Å². The third-order valence-corrected chi connectivity index (χ3v) is 3.80. The largest absolute Gasteiger partial charge is 0.465 e. The first-order chi connectivity index (χ1) is 10.4. The molecule has 116 valence electrons. The van der Waals surface area contributed by atoms with Crippen molar-refractivity contribution in [1.29, 1.82) is 0 Å². The van der Waals surface area contributed by atoms with Gasteiger partial charge < -0.3 is 4.74 Å². The molecule has 0 fully saturated rings. The fraction of sp³-hybridized carbons (Fsp3) is 0.0714. The van der Waals surface area contributed by atoms with Crippen molar-refractivity contribution >= 4 is 22.6 Å². The van der Waals surface area contributed by atoms with Crippen LogP contribution in [0.5, 0.6) is 0 Å². The van der Waals surface area contributed by atoms with Gasteiger partial charge >= 0.3 is 5.97 Å². The predicted octanol–water partition coefficient (Wildman–Crippen LogP) is 3.03. The van der Waals surface area contributed by atoms with Crippen LogP contribution in [-0.2, 0) is 15.7 Å². The van der Waals surface area contributed by atoms with Crippen molar-refractivity contribution < 1.29 is 26.9 Å². The van der Waals surface area contributed by atoms with E-state index in [2.05, 4.69) is 9.46 Å². The summed E-state index contributed by atoms with van der Waals surface area (Å²) in [5, 5.41) is 0. The number of ether oxygens (including phenoxy) is 1. The number of methoxy groups -OCH3 is 1. The van der Waals surface area contributed by atoms with Crippen molar-refractivity contribution in [3.63, 3.8) is 0 Å². The minimum absolute atomic E-state index is 0.0168. The van der Waals surface area contributed by atoms with Gasteiger partial charge in [-0.25, -0.2) is 22.2 Å². The van der Waals surface area contributed by atoms with E-state index in [0.29, 0.717) is 0 Å². The zero-order valence-electron chi connectivity index (χ0n) is 11.2. The summed E-state index contributed by atoms with van der Waals surface area (Å²) in [6, 6.07) is 5.63. The minimum atomic E-state index is -2.25. The number of hydrogen-bond donors (Lipinski definition) is 1. The van der Waals surface area contributed by atoms with Gasteiger partial charge in [0.1, 0.15) is 17.5 Å². The highest BCUT2D eigenvalue weighted by Crippen LogP contribution is 2.21. The van der Waals surface area contributed by atoms with Crippen LogP contribution < -0.4 is 4.72 Å². The molecule has 0 aliphatic carbocycles. The molecule has 2 aromatic carbocycles. The third-order valence-electron chi connectivity index (χ3n) is 2.68. The van der Waals surface area contributed by atoms with Gasteiger partial charge in [0.2, 0.25) is 0 Å². The topological polar surface area (TPSA) is 55.4 Å². The van der Waals surface area contributed by atoms with Gasteiger partial charge in [-0.15, -0.1) is 0 Å². The molecule has 1 N–H and O–H groups in total. The van der Waals surface area contributed by atoms with Crippen LogP contribution in [0, 0.1) is 17.5 Å². The zero-order chi connectivity index (χ0) is 16.3. The summed E-state index contributed by atoms with van der Waals surface area (Å²) in [5.41, 5.74) is -0.284. The molecule has 1 atom stereocenters. The number of carbonyl (C=O) groups is 1. The summed E-state index contributed by atoms with van der Waals surface area (Å²) in [7, 11) is -1.10. The summed E-state index contributed by atoms with van der Waals surface area (Å²) in [6.07, 6.45) is 0. The molecule has 0 aliphatic heterocycles. The standard InChI is InChI=1S/C14H10F3NO3S/c1-21-14(19)8-2-4-10(16)12(6-8)18-22(20)13-7-9(15)3-5-11(13)17/h2-7,18H,1H3. The number of halogens is 3. The maximum Gasteiger partial charge on any atom is 0.337 e. The van der Waals surface area contributed by atoms with Crippen LogP contribution in [-0.4, -0.2) is 17.3 Å². The van der Waals surface area contributed by atoms with Crippen LogP contribution in [0.3, 0.4) is 0 Å². The fourth-order valence-corrected chi connectivity index (χ4v) is 2.55. The normalized spacial score (nSPS) is 11.8. The number of hydrogen-bond acceptors (Lipinski definition) is 3. The van der Waals surface area contributed by atoms with Crippen molar-refractivity contribution in [2.75, 3.05) is 11.8 Å². The van der Waals surface area contributed by atoms with Crippen molar-refractivity contribution in [2.24, 2.45) is 0 Å². The summed E-state index contributed by atoms with van der Waals surface area (Å²) in [6.45, 7) is 0. The molecule has 22 heavy (non-hydrogen) atoms. The van der Waals surface area contributed by atoms with E-state index >= 15 is 0 Å². The van der Waals surface area contributed by atoms with Gasteiger partial charge in [-0.2, -0.15) is 0 Å². The monoisotopic (exact) mass is 329 g/mol. The maximum atomic E-state index is 13.7. The molecule has 4 nitrogen and oxygen atoms in total. The van der Waals surface area contributed by atoms with Gasteiger partial charge in [0, 0.05) is 0 Å². The van der Waals surface area contributed by atoms with Gasteiger partial charge in [-0.1, -0.05) is 0 Å². The Labute approximate surface area is 126 Å². The third kappa shape index (κ3) is 3.45. The van der Waals surface area contributed by atoms with Crippen LogP contribution in [0.2, 0.25) is 0 Å². The first-order valence-corrected chi connectivity index (χ1v) is 7.08. The molecular formula is C14H10F3NO3S. The lowest BCUT2D eigenvalue weighted by Gasteiger charge is -2.09. The van der Waals surface area contributed by atoms with Gasteiger partial charge in [0.25, 0.3) is 0 Å². The molecule has 0 aromatic heterocycles. The Kier molecular flexibility index (Phi) is 4.81. The Balaban J connectivity index is 2.32. The average Bonchev–Trinajstić information content (AvgIpc) is 2.50. The average molecular weight is 329 g/mol. The van der Waals surface area contributed by atoms with Crippen LogP contribution in [0.1, 0.15) is 10.4 Å². The van der Waals surface area contributed by atoms with E-state index in [9.17, 15) is 22.2 Å². The molecule has 0 heterocycles. The fourth-order valence-electron chi connectivity index (χ4n) is 1.62. The van der Waals surface area contributed by atoms with E-state index in [1.54, 1.807) is 0 Å². The van der Waals surface area contributed by atoms with Crippen molar-refractivity contribution in [3.05, 3.63) is 59.4 Å². The Bertz CT molecular complexity index is 752. The number of esters is 1. The molecule has 0 aliphatic rings. The van der Waals surface area contributed by atoms with Gasteiger partial charge in [0.05, 0.1) is 23.3 Å². The lowest BCUT2D eigenvalue weighted by Crippen LogP contribution is -2.10. The molecule has 8 heteroatoms. The summed E-state index contributed by atoms with van der Waals surface area (Å²) in [5.74, 6) is -3.21. The number of rotatable bonds is 4. The highest BCUT2D eigenvalue weighted by molar-refractivity contribution is 7.86. The van der Waals surface area contributed by atoms with E-state index in [1.165, 1.54) is 6.07 Å². The second-order valence-corrected chi connectivity index (χ2v) is 5.31. The van der Waals surface area contributed by atoms with Gasteiger partial charge in [0.15, 0.2) is 11.0 Å². The number of carbonyl (C=O) groups excluding carboxylic acids is 1. The zero-order valence-corrected chi connectivity index (χ0v) is 12.0. The number of anilines is 1. The van der Waals surface area contributed by atoms with E-state index in [-0.39, 0.29) is 11.3 Å². The Morgan fingerprint density at radius 3 is 2.45 bits per heavy atom. The first kappa shape index (κ1) is 16.0. The van der Waals surface area contributed by atoms with Crippen LogP contribution in [0.4, 0.5) is 18.9 Å². The second-order valence-electron chi connectivity index (χ2n) is 4.13. The molecule has 2 rings (SSSR count). The molecule has 0 radical (unpaired) electrons. The molecular weight excluding hydrogens is 319 g/mol. The highest BCUT2D eigenvalue weighted by Gasteiger charge is 2.15. The molecule has 0 spiro atoms. The molecule has 0 bridgehead atoms.